The lowest BCUT2D eigenvalue weighted by atomic mass is 10.2. The minimum Gasteiger partial charge on any atom is -0.491 e. The first-order chi connectivity index (χ1) is 9.77. The van der Waals surface area contributed by atoms with Gasteiger partial charge in [-0.05, 0) is 31.4 Å². The molecule has 1 amide bonds. The molecular weight excluding hydrogens is 254 g/mol. The van der Waals surface area contributed by atoms with Gasteiger partial charge in [-0.15, -0.1) is 0 Å². The second-order valence-electron chi connectivity index (χ2n) is 4.60. The van der Waals surface area contributed by atoms with E-state index in [0.717, 1.165) is 25.7 Å². The number of rotatable bonds is 10. The van der Waals surface area contributed by atoms with Crippen molar-refractivity contribution in [3.05, 3.63) is 24.3 Å². The fraction of sp³-hybridized carbons (Fsp3) is 0.500. The van der Waals surface area contributed by atoms with Crippen LogP contribution in [0.15, 0.2) is 24.3 Å². The van der Waals surface area contributed by atoms with E-state index in [1.807, 2.05) is 30.6 Å². The largest absolute Gasteiger partial charge is 0.491 e. The fourth-order valence-corrected chi connectivity index (χ4v) is 1.73. The maximum Gasteiger partial charge on any atom is 0.224 e. The van der Waals surface area contributed by atoms with Crippen molar-refractivity contribution in [1.29, 1.82) is 0 Å². The Morgan fingerprint density at radius 2 is 2.05 bits per heavy atom. The van der Waals surface area contributed by atoms with Gasteiger partial charge in [0.1, 0.15) is 5.75 Å². The Labute approximate surface area is 120 Å². The van der Waals surface area contributed by atoms with Crippen LogP contribution >= 0.6 is 0 Å². The van der Waals surface area contributed by atoms with E-state index in [1.165, 1.54) is 0 Å². The molecule has 0 spiro atoms. The second kappa shape index (κ2) is 10.0. The molecule has 109 valence electrons. The highest BCUT2D eigenvalue weighted by atomic mass is 16.5. The number of unbranched alkanes of at least 4 members (excludes halogenated alkanes) is 3. The van der Waals surface area contributed by atoms with Crippen molar-refractivity contribution in [2.45, 2.75) is 45.4 Å². The predicted molar refractivity (Wildman–Crippen MR) is 79.6 cm³/mol. The van der Waals surface area contributed by atoms with Crippen LogP contribution in [0.1, 0.15) is 45.4 Å². The average Bonchev–Trinajstić information content (AvgIpc) is 2.46. The highest BCUT2D eigenvalue weighted by Crippen LogP contribution is 2.24. The van der Waals surface area contributed by atoms with Gasteiger partial charge in [0.2, 0.25) is 5.91 Å². The number of carbonyl (C=O) groups is 1. The molecule has 0 aliphatic heterocycles. The SMILES string of the molecule is CCCCC(=O)Nc1ccccc1OCCCC[C]=O. The Kier molecular flexibility index (Phi) is 8.11. The summed E-state index contributed by atoms with van der Waals surface area (Å²) in [5, 5.41) is 2.87. The molecule has 4 nitrogen and oxygen atoms in total. The van der Waals surface area contributed by atoms with E-state index < -0.39 is 0 Å². The Morgan fingerprint density at radius 1 is 1.25 bits per heavy atom. The maximum atomic E-state index is 11.7. The number of hydrogen-bond acceptors (Lipinski definition) is 3. The Morgan fingerprint density at radius 3 is 2.80 bits per heavy atom. The molecule has 0 aliphatic carbocycles. The zero-order valence-corrected chi connectivity index (χ0v) is 12.0. The monoisotopic (exact) mass is 276 g/mol. The summed E-state index contributed by atoms with van der Waals surface area (Å²) in [5.74, 6) is 0.686. The summed E-state index contributed by atoms with van der Waals surface area (Å²) in [5.41, 5.74) is 0.704. The molecule has 1 aromatic rings. The average molecular weight is 276 g/mol. The highest BCUT2D eigenvalue weighted by molar-refractivity contribution is 5.92. The highest BCUT2D eigenvalue weighted by Gasteiger charge is 2.06. The minimum absolute atomic E-state index is 0.0125. The lowest BCUT2D eigenvalue weighted by Gasteiger charge is -2.12. The number of carbonyl (C=O) groups excluding carboxylic acids is 2. The molecule has 1 radical (unpaired) electrons. The van der Waals surface area contributed by atoms with Crippen LogP contribution in [0.25, 0.3) is 0 Å². The molecule has 0 saturated heterocycles. The van der Waals surface area contributed by atoms with Gasteiger partial charge in [0, 0.05) is 12.8 Å². The van der Waals surface area contributed by atoms with Crippen LogP contribution in [0.4, 0.5) is 5.69 Å². The zero-order chi connectivity index (χ0) is 14.6. The van der Waals surface area contributed by atoms with Crippen molar-refractivity contribution in [3.8, 4) is 5.75 Å². The van der Waals surface area contributed by atoms with Crippen LogP contribution in [-0.4, -0.2) is 18.8 Å². The van der Waals surface area contributed by atoms with Crippen LogP contribution in [-0.2, 0) is 9.59 Å². The molecule has 0 bridgehead atoms. The summed E-state index contributed by atoms with van der Waals surface area (Å²) < 4.78 is 5.64. The summed E-state index contributed by atoms with van der Waals surface area (Å²) in [6, 6.07) is 7.40. The lowest BCUT2D eigenvalue weighted by Crippen LogP contribution is -2.12. The van der Waals surface area contributed by atoms with Gasteiger partial charge in [-0.2, -0.15) is 0 Å². The summed E-state index contributed by atoms with van der Waals surface area (Å²) in [6.45, 7) is 2.59. The Hall–Kier alpha value is -1.84. The fourth-order valence-electron chi connectivity index (χ4n) is 1.73. The number of amides is 1. The number of nitrogens with one attached hydrogen (secondary N) is 1. The van der Waals surface area contributed by atoms with Gasteiger partial charge < -0.3 is 10.1 Å². The van der Waals surface area contributed by atoms with Gasteiger partial charge >= 0.3 is 0 Å². The quantitative estimate of drug-likeness (QED) is 0.666. The summed E-state index contributed by atoms with van der Waals surface area (Å²) in [7, 11) is 0. The Bertz CT molecular complexity index is 418. The third-order valence-electron chi connectivity index (χ3n) is 2.85. The smallest absolute Gasteiger partial charge is 0.224 e. The van der Waals surface area contributed by atoms with Crippen LogP contribution in [0.5, 0.6) is 5.75 Å². The van der Waals surface area contributed by atoms with Gasteiger partial charge in [-0.3, -0.25) is 9.59 Å². The summed E-state index contributed by atoms with van der Waals surface area (Å²) in [6.07, 6.45) is 6.29. The molecule has 0 aliphatic rings. The first-order valence-electron chi connectivity index (χ1n) is 7.14. The van der Waals surface area contributed by atoms with Crippen LogP contribution in [0.2, 0.25) is 0 Å². The number of anilines is 1. The molecule has 1 aromatic carbocycles. The van der Waals surface area contributed by atoms with E-state index in [0.29, 0.717) is 30.9 Å². The number of ether oxygens (including phenoxy) is 1. The second-order valence-corrected chi connectivity index (χ2v) is 4.60. The molecule has 0 saturated carbocycles. The third-order valence-corrected chi connectivity index (χ3v) is 2.85. The van der Waals surface area contributed by atoms with Gasteiger partial charge in [-0.1, -0.05) is 25.5 Å². The minimum atomic E-state index is 0.0125. The van der Waals surface area contributed by atoms with Crippen LogP contribution < -0.4 is 10.1 Å². The van der Waals surface area contributed by atoms with Crippen LogP contribution in [0, 0.1) is 0 Å². The number of hydrogen-bond donors (Lipinski definition) is 1. The number of benzene rings is 1. The van der Waals surface area contributed by atoms with Crippen molar-refractivity contribution in [1.82, 2.24) is 0 Å². The summed E-state index contributed by atoms with van der Waals surface area (Å²) in [4.78, 5) is 21.8. The van der Waals surface area contributed by atoms with Crippen molar-refractivity contribution in [2.75, 3.05) is 11.9 Å². The van der Waals surface area contributed by atoms with Crippen molar-refractivity contribution in [3.63, 3.8) is 0 Å². The van der Waals surface area contributed by atoms with Gasteiger partial charge in [0.05, 0.1) is 12.3 Å². The molecule has 1 N–H and O–H groups in total. The van der Waals surface area contributed by atoms with Crippen molar-refractivity contribution < 1.29 is 14.3 Å². The van der Waals surface area contributed by atoms with E-state index in [9.17, 15) is 9.59 Å². The van der Waals surface area contributed by atoms with E-state index in [1.54, 1.807) is 0 Å². The standard InChI is InChI=1S/C16H22NO3/c1-2-3-11-16(19)17-14-9-5-6-10-15(14)20-13-8-4-7-12-18/h5-6,9-10H,2-4,7-8,11,13H2,1H3,(H,17,19). The molecule has 0 heterocycles. The van der Waals surface area contributed by atoms with E-state index in [4.69, 9.17) is 4.74 Å². The molecule has 4 heteroatoms. The summed E-state index contributed by atoms with van der Waals surface area (Å²) >= 11 is 0. The molecular formula is C16H22NO3. The zero-order valence-electron chi connectivity index (χ0n) is 12.0. The molecule has 1 rings (SSSR count). The molecule has 0 aromatic heterocycles. The third kappa shape index (κ3) is 6.36. The maximum absolute atomic E-state index is 11.7. The predicted octanol–water partition coefficient (Wildman–Crippen LogP) is 3.47. The topological polar surface area (TPSA) is 55.4 Å². The van der Waals surface area contributed by atoms with Crippen LogP contribution in [0.3, 0.4) is 0 Å². The molecule has 0 atom stereocenters. The normalized spacial score (nSPS) is 10.1. The first-order valence-corrected chi connectivity index (χ1v) is 7.14. The molecule has 0 fully saturated rings. The molecule has 0 unspecified atom stereocenters. The molecule has 20 heavy (non-hydrogen) atoms. The van der Waals surface area contributed by atoms with Crippen molar-refractivity contribution >= 4 is 17.9 Å². The number of para-hydroxylation sites is 2. The Balaban J connectivity index is 2.46. The van der Waals surface area contributed by atoms with Gasteiger partial charge in [0.25, 0.3) is 0 Å². The lowest BCUT2D eigenvalue weighted by molar-refractivity contribution is -0.116. The van der Waals surface area contributed by atoms with E-state index in [2.05, 4.69) is 12.2 Å². The van der Waals surface area contributed by atoms with Gasteiger partial charge in [0.15, 0.2) is 6.29 Å². The van der Waals surface area contributed by atoms with E-state index in [-0.39, 0.29) is 5.91 Å². The van der Waals surface area contributed by atoms with E-state index >= 15 is 0 Å². The van der Waals surface area contributed by atoms with Gasteiger partial charge in [-0.25, -0.2) is 0 Å². The first kappa shape index (κ1) is 16.2. The van der Waals surface area contributed by atoms with Crippen molar-refractivity contribution in [2.24, 2.45) is 0 Å².